The maximum absolute atomic E-state index is 12.6. The largest absolute Gasteiger partial charge is 0.472 e. The van der Waals surface area contributed by atoms with E-state index in [0.29, 0.717) is 12.8 Å². The monoisotopic (exact) mass is 890 g/mol. The molecule has 0 aliphatic heterocycles. The van der Waals surface area contributed by atoms with E-state index in [4.69, 9.17) is 19.1 Å². The van der Waals surface area contributed by atoms with Crippen molar-refractivity contribution in [2.75, 3.05) is 26.4 Å². The zero-order valence-corrected chi connectivity index (χ0v) is 37.8. The van der Waals surface area contributed by atoms with Crippen LogP contribution in [-0.2, 0) is 32.7 Å². The lowest BCUT2D eigenvalue weighted by molar-refractivity contribution is -0.161. The Morgan fingerprint density at radius 1 is 0.597 bits per heavy atom. The molecule has 0 aromatic rings. The highest BCUT2D eigenvalue weighted by atomic mass is 31.2. The van der Waals surface area contributed by atoms with Crippen molar-refractivity contribution in [3.8, 4) is 0 Å². The molecule has 1 unspecified atom stereocenters. The minimum Gasteiger partial charge on any atom is -0.462 e. The molecular formula is C48H75O13P. The fraction of sp³-hybridized carbons (Fsp3) is 0.542. The van der Waals surface area contributed by atoms with Crippen LogP contribution in [0.1, 0.15) is 110 Å². The van der Waals surface area contributed by atoms with Gasteiger partial charge in [0, 0.05) is 12.8 Å². The highest BCUT2D eigenvalue weighted by molar-refractivity contribution is 7.47. The third-order valence-corrected chi connectivity index (χ3v) is 9.40. The molecule has 13 nitrogen and oxygen atoms in total. The number of phosphoric acid groups is 1. The summed E-state index contributed by atoms with van der Waals surface area (Å²) < 4.78 is 32.4. The number of aliphatic hydroxyl groups excluding tert-OH is 5. The van der Waals surface area contributed by atoms with Crippen LogP contribution < -0.4 is 0 Å². The van der Waals surface area contributed by atoms with E-state index in [9.17, 15) is 39.5 Å². The molecule has 0 heterocycles. The molecule has 0 saturated carbocycles. The van der Waals surface area contributed by atoms with Crippen LogP contribution in [0.15, 0.2) is 122 Å². The summed E-state index contributed by atoms with van der Waals surface area (Å²) in [5.41, 5.74) is 0. The van der Waals surface area contributed by atoms with Gasteiger partial charge in [0.05, 0.1) is 38.1 Å². The number of unbranched alkanes of at least 4 members (excludes halogenated alkanes) is 3. The van der Waals surface area contributed by atoms with Gasteiger partial charge in [-0.2, -0.15) is 0 Å². The average molecular weight is 891 g/mol. The van der Waals surface area contributed by atoms with Gasteiger partial charge in [-0.25, -0.2) is 4.57 Å². The second-order valence-corrected chi connectivity index (χ2v) is 15.6. The number of carbonyl (C=O) groups excluding carboxylic acids is 2. The van der Waals surface area contributed by atoms with Gasteiger partial charge in [0.25, 0.3) is 0 Å². The number of allylic oxidation sites excluding steroid dienone is 17. The van der Waals surface area contributed by atoms with Crippen LogP contribution in [-0.4, -0.2) is 99.3 Å². The highest BCUT2D eigenvalue weighted by Crippen LogP contribution is 2.43. The van der Waals surface area contributed by atoms with Crippen molar-refractivity contribution >= 4 is 19.8 Å². The van der Waals surface area contributed by atoms with Gasteiger partial charge in [0.15, 0.2) is 6.10 Å². The summed E-state index contributed by atoms with van der Waals surface area (Å²) in [6.07, 6.45) is 42.5. The van der Waals surface area contributed by atoms with E-state index in [1.165, 1.54) is 6.08 Å². The lowest BCUT2D eigenvalue weighted by Gasteiger charge is -2.20. The molecular weight excluding hydrogens is 815 g/mol. The molecule has 62 heavy (non-hydrogen) atoms. The summed E-state index contributed by atoms with van der Waals surface area (Å²) in [7, 11) is -4.72. The molecule has 0 aromatic carbocycles. The normalized spacial score (nSPS) is 16.5. The van der Waals surface area contributed by atoms with Gasteiger partial charge in [-0.3, -0.25) is 18.6 Å². The van der Waals surface area contributed by atoms with Crippen LogP contribution in [0, 0.1) is 0 Å². The van der Waals surface area contributed by atoms with E-state index < -0.39 is 76.7 Å². The van der Waals surface area contributed by atoms with Gasteiger partial charge in [-0.05, 0) is 77.0 Å². The lowest BCUT2D eigenvalue weighted by Crippen LogP contribution is -2.30. The molecule has 350 valence electrons. The second kappa shape index (κ2) is 41.3. The molecule has 0 spiro atoms. The van der Waals surface area contributed by atoms with Crippen molar-refractivity contribution in [2.24, 2.45) is 0 Å². The van der Waals surface area contributed by atoms with Crippen molar-refractivity contribution in [1.82, 2.24) is 0 Å². The summed E-state index contributed by atoms with van der Waals surface area (Å²) >= 11 is 0. The van der Waals surface area contributed by atoms with Gasteiger partial charge < -0.3 is 39.9 Å². The van der Waals surface area contributed by atoms with E-state index in [1.807, 2.05) is 19.1 Å². The van der Waals surface area contributed by atoms with E-state index >= 15 is 0 Å². The van der Waals surface area contributed by atoms with Gasteiger partial charge in [0.1, 0.15) is 12.7 Å². The quantitative estimate of drug-likeness (QED) is 0.0113. The molecule has 0 saturated heterocycles. The van der Waals surface area contributed by atoms with Gasteiger partial charge in [-0.1, -0.05) is 142 Å². The van der Waals surface area contributed by atoms with Crippen LogP contribution in [0.2, 0.25) is 0 Å². The zero-order valence-electron chi connectivity index (χ0n) is 36.9. The number of hydrogen-bond acceptors (Lipinski definition) is 12. The van der Waals surface area contributed by atoms with Crippen LogP contribution in [0.25, 0.3) is 0 Å². The third-order valence-electron chi connectivity index (χ3n) is 8.45. The Morgan fingerprint density at radius 3 is 1.74 bits per heavy atom. The molecule has 6 atom stereocenters. The number of rotatable bonds is 38. The van der Waals surface area contributed by atoms with Crippen molar-refractivity contribution in [2.45, 2.75) is 141 Å². The number of phosphoric ester groups is 1. The van der Waals surface area contributed by atoms with Crippen LogP contribution in [0.4, 0.5) is 0 Å². The number of ether oxygens (including phenoxy) is 2. The number of aliphatic hydroxyl groups is 5. The predicted octanol–water partition coefficient (Wildman–Crippen LogP) is 8.46. The van der Waals surface area contributed by atoms with E-state index in [0.717, 1.165) is 57.8 Å². The SMILES string of the molecule is CC/C=C\C/C=C\C/C=C\C/C=C\C/C=C\CCCCCC(=O)O[C@H](COC(=O)CCC[C@H](O)[C@@H](O)\C=C/C=C\C=C\C=C\[C@H](O)C/C=C\CC)COP(=O)(O)OC[C@@H](O)CO. The summed E-state index contributed by atoms with van der Waals surface area (Å²) in [5.74, 6) is -1.31. The van der Waals surface area contributed by atoms with E-state index in [2.05, 4.69) is 72.2 Å². The third kappa shape index (κ3) is 39.1. The molecule has 0 bridgehead atoms. The first-order valence-corrected chi connectivity index (χ1v) is 23.3. The summed E-state index contributed by atoms with van der Waals surface area (Å²) in [5, 5.41) is 48.7. The molecule has 0 aliphatic rings. The minimum atomic E-state index is -4.72. The van der Waals surface area contributed by atoms with E-state index in [1.54, 1.807) is 42.5 Å². The molecule has 6 N–H and O–H groups in total. The Morgan fingerprint density at radius 2 is 1.13 bits per heavy atom. The Kier molecular flexibility index (Phi) is 38.8. The summed E-state index contributed by atoms with van der Waals surface area (Å²) in [6, 6.07) is 0. The first-order valence-electron chi connectivity index (χ1n) is 21.8. The maximum Gasteiger partial charge on any atom is 0.472 e. The molecule has 0 aliphatic carbocycles. The van der Waals surface area contributed by atoms with Gasteiger partial charge in [-0.15, -0.1) is 0 Å². The Labute approximate surface area is 370 Å². The lowest BCUT2D eigenvalue weighted by atomic mass is 10.1. The van der Waals surface area contributed by atoms with Crippen LogP contribution in [0.5, 0.6) is 0 Å². The fourth-order valence-corrected chi connectivity index (χ4v) is 5.80. The second-order valence-electron chi connectivity index (χ2n) is 14.2. The topological polar surface area (TPSA) is 210 Å². The minimum absolute atomic E-state index is 0.0625. The molecule has 0 rings (SSSR count). The summed E-state index contributed by atoms with van der Waals surface area (Å²) in [4.78, 5) is 35.1. The molecule has 14 heteroatoms. The first-order chi connectivity index (χ1) is 29.9. The van der Waals surface area contributed by atoms with Crippen molar-refractivity contribution in [1.29, 1.82) is 0 Å². The average Bonchev–Trinajstić information content (AvgIpc) is 3.25. The highest BCUT2D eigenvalue weighted by Gasteiger charge is 2.27. The van der Waals surface area contributed by atoms with Crippen molar-refractivity contribution in [3.05, 3.63) is 122 Å². The Bertz CT molecular complexity index is 1490. The smallest absolute Gasteiger partial charge is 0.462 e. The van der Waals surface area contributed by atoms with Gasteiger partial charge in [0.2, 0.25) is 0 Å². The Hall–Kier alpha value is -3.75. The first kappa shape index (κ1) is 58.2. The van der Waals surface area contributed by atoms with E-state index in [-0.39, 0.29) is 25.7 Å². The molecule has 0 amide bonds. The summed E-state index contributed by atoms with van der Waals surface area (Å²) in [6.45, 7) is 1.61. The Balaban J connectivity index is 4.70. The van der Waals surface area contributed by atoms with Crippen molar-refractivity contribution < 1.29 is 63.1 Å². The number of hydrogen-bond donors (Lipinski definition) is 6. The molecule has 0 fully saturated rings. The van der Waals surface area contributed by atoms with Gasteiger partial charge >= 0.3 is 19.8 Å². The maximum atomic E-state index is 12.6. The number of carbonyl (C=O) groups is 2. The zero-order chi connectivity index (χ0) is 45.9. The molecule has 0 radical (unpaired) electrons. The predicted molar refractivity (Wildman–Crippen MR) is 246 cm³/mol. The fourth-order valence-electron chi connectivity index (χ4n) is 5.01. The molecule has 0 aromatic heterocycles. The van der Waals surface area contributed by atoms with Crippen LogP contribution in [0.3, 0.4) is 0 Å². The standard InChI is InChI=1S/C48H75O13P/c1-3-5-7-8-9-10-11-12-13-14-15-16-17-18-19-20-21-26-30-36-48(55)61-44(41-60-62(56,57)59-39-43(51)38-49)40-58-47(54)37-31-35-46(53)45(52)34-29-25-23-22-24-28-33-42(50)32-27-6-4-2/h5-7,9-10,12-13,15-16,18-19,22-25,27-29,33-34,42-46,49-53H,3-4,8,11,14,17,20-21,26,30-32,35-41H2,1-2H3,(H,56,57)/b7-5-,10-9-,13-12-,16-15-,19-18-,24-22+,25-23-,27-6-,33-28+,34-29-/t42-,43+,44-,45+,46+/m1/s1. The van der Waals surface area contributed by atoms with Crippen molar-refractivity contribution in [3.63, 3.8) is 0 Å². The number of esters is 2. The van der Waals surface area contributed by atoms with Crippen LogP contribution >= 0.6 is 7.82 Å².